The molecule has 0 aliphatic carbocycles. The third-order valence-electron chi connectivity index (χ3n) is 4.61. The summed E-state index contributed by atoms with van der Waals surface area (Å²) in [6.07, 6.45) is 2.04. The van der Waals surface area contributed by atoms with Gasteiger partial charge in [-0.2, -0.15) is 0 Å². The molecule has 1 fully saturated rings. The normalized spacial score (nSPS) is 28.2. The number of rotatable bonds is 8. The van der Waals surface area contributed by atoms with Crippen LogP contribution in [-0.4, -0.2) is 51.4 Å². The highest BCUT2D eigenvalue weighted by molar-refractivity contribution is 5.39. The molecule has 2 rings (SSSR count). The molecule has 5 heteroatoms. The summed E-state index contributed by atoms with van der Waals surface area (Å²) in [6.45, 7) is 1.76. The van der Waals surface area contributed by atoms with Crippen LogP contribution in [0, 0.1) is 6.10 Å². The average molecular weight is 337 g/mol. The zero-order valence-corrected chi connectivity index (χ0v) is 14.3. The number of ether oxygens (including phenoxy) is 1. The van der Waals surface area contributed by atoms with Crippen LogP contribution in [0.1, 0.15) is 50.2 Å². The monoisotopic (exact) mass is 337 g/mol. The molecule has 4 atom stereocenters. The van der Waals surface area contributed by atoms with Gasteiger partial charge >= 0.3 is 0 Å². The van der Waals surface area contributed by atoms with E-state index in [0.717, 1.165) is 30.4 Å². The van der Waals surface area contributed by atoms with Gasteiger partial charge in [-0.1, -0.05) is 56.9 Å². The van der Waals surface area contributed by atoms with Crippen LogP contribution in [0.4, 0.5) is 0 Å². The van der Waals surface area contributed by atoms with Crippen molar-refractivity contribution in [3.8, 4) is 0 Å². The van der Waals surface area contributed by atoms with Gasteiger partial charge < -0.3 is 25.2 Å². The number of unbranched alkanes of at least 4 members (excludes halogenated alkanes) is 4. The summed E-state index contributed by atoms with van der Waals surface area (Å²) in [5.74, 6) is 0. The maximum Gasteiger partial charge on any atom is 0.158 e. The number of hydrogen-bond donors (Lipinski definition) is 4. The van der Waals surface area contributed by atoms with Gasteiger partial charge in [0.15, 0.2) is 6.10 Å². The second-order valence-corrected chi connectivity index (χ2v) is 6.45. The van der Waals surface area contributed by atoms with Gasteiger partial charge in [0.25, 0.3) is 0 Å². The Kier molecular flexibility index (Phi) is 7.65. The van der Waals surface area contributed by atoms with Crippen molar-refractivity contribution in [2.75, 3.05) is 6.61 Å². The Labute approximate surface area is 143 Å². The van der Waals surface area contributed by atoms with E-state index in [1.807, 2.05) is 24.3 Å². The Bertz CT molecular complexity index is 490. The van der Waals surface area contributed by atoms with Crippen LogP contribution in [0.25, 0.3) is 0 Å². The summed E-state index contributed by atoms with van der Waals surface area (Å²) in [5.41, 5.74) is 1.79. The molecule has 0 bridgehead atoms. The van der Waals surface area contributed by atoms with Gasteiger partial charge in [-0.3, -0.25) is 0 Å². The van der Waals surface area contributed by atoms with E-state index in [-0.39, 0.29) is 6.10 Å². The van der Waals surface area contributed by atoms with Crippen LogP contribution in [0.2, 0.25) is 0 Å². The van der Waals surface area contributed by atoms with E-state index in [9.17, 15) is 20.4 Å². The van der Waals surface area contributed by atoms with E-state index in [1.165, 1.54) is 19.3 Å². The number of aryl methyl sites for hydroxylation is 1. The van der Waals surface area contributed by atoms with Crippen LogP contribution in [0.3, 0.4) is 0 Å². The number of aliphatic hydroxyl groups is 4. The maximum absolute atomic E-state index is 10.3. The Morgan fingerprint density at radius 3 is 2.38 bits per heavy atom. The van der Waals surface area contributed by atoms with Crippen molar-refractivity contribution in [1.82, 2.24) is 0 Å². The van der Waals surface area contributed by atoms with E-state index < -0.39 is 31.0 Å². The Morgan fingerprint density at radius 1 is 0.958 bits per heavy atom. The molecule has 0 saturated carbocycles. The predicted molar refractivity (Wildman–Crippen MR) is 91.2 cm³/mol. The molecule has 0 aromatic heterocycles. The first-order valence-corrected chi connectivity index (χ1v) is 8.87. The van der Waals surface area contributed by atoms with Gasteiger partial charge in [0.05, 0.1) is 6.61 Å². The third kappa shape index (κ3) is 4.55. The first kappa shape index (κ1) is 19.3. The van der Waals surface area contributed by atoms with Gasteiger partial charge in [-0.05, 0) is 24.0 Å². The lowest BCUT2D eigenvalue weighted by molar-refractivity contribution is -0.184. The van der Waals surface area contributed by atoms with Crippen molar-refractivity contribution < 1.29 is 25.2 Å². The summed E-state index contributed by atoms with van der Waals surface area (Å²) in [5, 5.41) is 39.5. The standard InChI is InChI=1S/C19H29O5/c1-2-3-4-5-6-9-13-10-7-8-11-14(13)19-18(23)17(22)16(21)15(12-20)24-19/h7-8,10-11,15-18,20-23H,2-6,9,12H2,1H3/t15-,16-,17+,18-/m1/s1. The lowest BCUT2D eigenvalue weighted by atomic mass is 9.88. The van der Waals surface area contributed by atoms with Crippen molar-refractivity contribution in [3.05, 3.63) is 41.5 Å². The van der Waals surface area contributed by atoms with E-state index in [0.29, 0.717) is 0 Å². The van der Waals surface area contributed by atoms with Crippen LogP contribution in [0.15, 0.2) is 24.3 Å². The molecule has 0 unspecified atom stereocenters. The lowest BCUT2D eigenvalue weighted by Crippen LogP contribution is -2.55. The van der Waals surface area contributed by atoms with Gasteiger partial charge in [-0.25, -0.2) is 0 Å². The molecule has 0 amide bonds. The average Bonchev–Trinajstić information content (AvgIpc) is 2.60. The fraction of sp³-hybridized carbons (Fsp3) is 0.632. The van der Waals surface area contributed by atoms with E-state index >= 15 is 0 Å². The Morgan fingerprint density at radius 2 is 1.67 bits per heavy atom. The maximum atomic E-state index is 10.3. The predicted octanol–water partition coefficient (Wildman–Crippen LogP) is 1.55. The van der Waals surface area contributed by atoms with Crippen LogP contribution >= 0.6 is 0 Å². The highest BCUT2D eigenvalue weighted by Crippen LogP contribution is 2.33. The van der Waals surface area contributed by atoms with Crippen LogP contribution < -0.4 is 0 Å². The van der Waals surface area contributed by atoms with Crippen molar-refractivity contribution in [1.29, 1.82) is 0 Å². The highest BCUT2D eigenvalue weighted by Gasteiger charge is 2.45. The fourth-order valence-corrected chi connectivity index (χ4v) is 3.13. The second-order valence-electron chi connectivity index (χ2n) is 6.45. The number of benzene rings is 1. The third-order valence-corrected chi connectivity index (χ3v) is 4.61. The molecule has 5 nitrogen and oxygen atoms in total. The van der Waals surface area contributed by atoms with E-state index in [2.05, 4.69) is 6.92 Å². The molecule has 1 aromatic rings. The Hall–Kier alpha value is -0.980. The molecule has 0 spiro atoms. The minimum Gasteiger partial charge on any atom is -0.394 e. The first-order chi connectivity index (χ1) is 11.6. The van der Waals surface area contributed by atoms with Gasteiger partial charge in [0.1, 0.15) is 24.4 Å². The minimum atomic E-state index is -1.37. The van der Waals surface area contributed by atoms with Gasteiger partial charge in [0, 0.05) is 0 Å². The topological polar surface area (TPSA) is 90.2 Å². The largest absolute Gasteiger partial charge is 0.394 e. The van der Waals surface area contributed by atoms with Crippen molar-refractivity contribution in [3.63, 3.8) is 0 Å². The summed E-state index contributed by atoms with van der Waals surface area (Å²) in [7, 11) is 0. The van der Waals surface area contributed by atoms with Crippen LogP contribution in [-0.2, 0) is 11.2 Å². The molecule has 1 heterocycles. The second kappa shape index (κ2) is 9.49. The zero-order valence-electron chi connectivity index (χ0n) is 14.3. The lowest BCUT2D eigenvalue weighted by Gasteiger charge is -2.40. The van der Waals surface area contributed by atoms with Crippen molar-refractivity contribution in [2.45, 2.75) is 69.9 Å². The zero-order chi connectivity index (χ0) is 17.5. The molecule has 1 aliphatic rings. The number of aliphatic hydroxyl groups excluding tert-OH is 4. The fourth-order valence-electron chi connectivity index (χ4n) is 3.13. The molecule has 4 N–H and O–H groups in total. The molecule has 1 aromatic carbocycles. The van der Waals surface area contributed by atoms with E-state index in [1.54, 1.807) is 0 Å². The Balaban J connectivity index is 2.09. The van der Waals surface area contributed by atoms with Crippen molar-refractivity contribution in [2.24, 2.45) is 0 Å². The van der Waals surface area contributed by atoms with Crippen molar-refractivity contribution >= 4 is 0 Å². The molecule has 1 radical (unpaired) electrons. The minimum absolute atomic E-state index is 0.232. The first-order valence-electron chi connectivity index (χ1n) is 8.87. The summed E-state index contributed by atoms with van der Waals surface area (Å²) < 4.78 is 5.61. The summed E-state index contributed by atoms with van der Waals surface area (Å²) in [6, 6.07) is 7.63. The highest BCUT2D eigenvalue weighted by atomic mass is 16.5. The molecule has 1 saturated heterocycles. The molecule has 135 valence electrons. The smallest absolute Gasteiger partial charge is 0.158 e. The molecular formula is C19H29O5. The van der Waals surface area contributed by atoms with Crippen LogP contribution in [0.5, 0.6) is 0 Å². The molecule has 1 aliphatic heterocycles. The molecule has 24 heavy (non-hydrogen) atoms. The van der Waals surface area contributed by atoms with E-state index in [4.69, 9.17) is 4.74 Å². The van der Waals surface area contributed by atoms with Gasteiger partial charge in [0.2, 0.25) is 0 Å². The number of hydrogen-bond acceptors (Lipinski definition) is 5. The SMILES string of the molecule is CCCCCCCc1ccccc1[C]1O[C@H](CO)[C@@H](O)[C@H](O)[C@H]1O. The van der Waals surface area contributed by atoms with Gasteiger partial charge in [-0.15, -0.1) is 0 Å². The summed E-state index contributed by atoms with van der Waals surface area (Å²) in [4.78, 5) is 0. The summed E-state index contributed by atoms with van der Waals surface area (Å²) >= 11 is 0. The molecular weight excluding hydrogens is 308 g/mol. The quantitative estimate of drug-likeness (QED) is 0.541.